The third-order valence-corrected chi connectivity index (χ3v) is 3.75. The van der Waals surface area contributed by atoms with Gasteiger partial charge in [-0.05, 0) is 42.8 Å². The molecule has 120 valence electrons. The summed E-state index contributed by atoms with van der Waals surface area (Å²) in [6.45, 7) is 1.68. The first-order valence-electron chi connectivity index (χ1n) is 7.12. The number of benzene rings is 1. The van der Waals surface area contributed by atoms with Crippen LogP contribution >= 0.6 is 12.2 Å². The lowest BCUT2D eigenvalue weighted by atomic mass is 10.1. The number of hydrogen-bond acceptors (Lipinski definition) is 5. The van der Waals surface area contributed by atoms with Crippen LogP contribution in [0, 0.1) is 10.1 Å². The monoisotopic (exact) mass is 325 g/mol. The number of hydrogen-bond donors (Lipinski definition) is 3. The molecule has 7 nitrogen and oxygen atoms in total. The predicted octanol–water partition coefficient (Wildman–Crippen LogP) is 1.27. The van der Waals surface area contributed by atoms with E-state index in [0.29, 0.717) is 17.2 Å². The van der Waals surface area contributed by atoms with Crippen LogP contribution in [0.4, 0.5) is 5.69 Å². The Morgan fingerprint density at radius 3 is 2.77 bits per heavy atom. The molecular formula is C14H19N3O4S. The number of non-ortho nitro benzene ring substituents is 1. The first-order chi connectivity index (χ1) is 10.6. The summed E-state index contributed by atoms with van der Waals surface area (Å²) in [5.41, 5.74) is 0.595. The zero-order valence-corrected chi connectivity index (χ0v) is 12.8. The zero-order chi connectivity index (χ0) is 15.9. The van der Waals surface area contributed by atoms with Crippen LogP contribution in [0.15, 0.2) is 24.3 Å². The largest absolute Gasteiger partial charge is 0.387 e. The first-order valence-corrected chi connectivity index (χ1v) is 7.53. The molecule has 0 saturated carbocycles. The number of nitro groups is 1. The maximum Gasteiger partial charge on any atom is 0.269 e. The number of ether oxygens (including phenoxy) is 1. The van der Waals surface area contributed by atoms with Crippen LogP contribution < -0.4 is 10.6 Å². The molecule has 0 radical (unpaired) electrons. The third kappa shape index (κ3) is 4.90. The summed E-state index contributed by atoms with van der Waals surface area (Å²) in [4.78, 5) is 10.1. The lowest BCUT2D eigenvalue weighted by Crippen LogP contribution is -2.40. The molecule has 2 rings (SSSR count). The highest BCUT2D eigenvalue weighted by Crippen LogP contribution is 2.17. The van der Waals surface area contributed by atoms with E-state index in [1.165, 1.54) is 24.3 Å². The maximum absolute atomic E-state index is 10.6. The lowest BCUT2D eigenvalue weighted by molar-refractivity contribution is -0.384. The minimum absolute atomic E-state index is 0.00217. The highest BCUT2D eigenvalue weighted by molar-refractivity contribution is 7.80. The number of thiocarbonyl (C=S) groups is 1. The van der Waals surface area contributed by atoms with Crippen LogP contribution in [-0.2, 0) is 4.74 Å². The molecule has 0 aliphatic carbocycles. The van der Waals surface area contributed by atoms with Gasteiger partial charge in [0.15, 0.2) is 5.11 Å². The van der Waals surface area contributed by atoms with Gasteiger partial charge >= 0.3 is 0 Å². The van der Waals surface area contributed by atoms with Crippen molar-refractivity contribution in [2.75, 3.05) is 19.7 Å². The molecule has 1 fully saturated rings. The second-order valence-electron chi connectivity index (χ2n) is 5.09. The predicted molar refractivity (Wildman–Crippen MR) is 85.6 cm³/mol. The molecule has 2 atom stereocenters. The number of nitro benzene ring substituents is 1. The van der Waals surface area contributed by atoms with Gasteiger partial charge in [-0.25, -0.2) is 0 Å². The molecule has 1 heterocycles. The lowest BCUT2D eigenvalue weighted by Gasteiger charge is -2.16. The molecule has 8 heteroatoms. The smallest absolute Gasteiger partial charge is 0.269 e. The molecule has 1 aromatic rings. The second-order valence-corrected chi connectivity index (χ2v) is 5.50. The third-order valence-electron chi connectivity index (χ3n) is 3.46. The average Bonchev–Trinajstić information content (AvgIpc) is 3.04. The Labute approximate surface area is 133 Å². The van der Waals surface area contributed by atoms with E-state index in [2.05, 4.69) is 10.6 Å². The van der Waals surface area contributed by atoms with Crippen molar-refractivity contribution in [3.63, 3.8) is 0 Å². The summed E-state index contributed by atoms with van der Waals surface area (Å²) in [5, 5.41) is 27.0. The van der Waals surface area contributed by atoms with Crippen molar-refractivity contribution >= 4 is 23.0 Å². The van der Waals surface area contributed by atoms with Crippen LogP contribution in [0.1, 0.15) is 24.5 Å². The van der Waals surface area contributed by atoms with Gasteiger partial charge in [0.2, 0.25) is 0 Å². The summed E-state index contributed by atoms with van der Waals surface area (Å²) < 4.78 is 5.47. The Balaban J connectivity index is 1.72. The molecule has 1 aliphatic heterocycles. The molecule has 1 aliphatic rings. The van der Waals surface area contributed by atoms with Gasteiger partial charge < -0.3 is 20.5 Å². The molecule has 1 aromatic carbocycles. The van der Waals surface area contributed by atoms with E-state index in [4.69, 9.17) is 17.0 Å². The van der Waals surface area contributed by atoms with E-state index < -0.39 is 11.0 Å². The van der Waals surface area contributed by atoms with Crippen molar-refractivity contribution in [1.82, 2.24) is 10.6 Å². The Hall–Kier alpha value is -1.77. The van der Waals surface area contributed by atoms with E-state index in [1.807, 2.05) is 0 Å². The summed E-state index contributed by atoms with van der Waals surface area (Å²) in [5.74, 6) is 0. The standard InChI is InChI=1S/C14H19N3O4S/c18-13(10-3-5-11(6-4-10)17(19)20)9-16-14(22)15-8-12-2-1-7-21-12/h3-6,12-13,18H,1-2,7-9H2,(H2,15,16,22). The second kappa shape index (κ2) is 8.02. The van der Waals surface area contributed by atoms with Gasteiger partial charge in [-0.2, -0.15) is 0 Å². The number of aliphatic hydroxyl groups is 1. The molecule has 0 bridgehead atoms. The van der Waals surface area contributed by atoms with E-state index in [9.17, 15) is 15.2 Å². The Morgan fingerprint density at radius 2 is 2.18 bits per heavy atom. The van der Waals surface area contributed by atoms with Gasteiger partial charge in [-0.3, -0.25) is 10.1 Å². The fourth-order valence-corrected chi connectivity index (χ4v) is 2.37. The van der Waals surface area contributed by atoms with E-state index >= 15 is 0 Å². The topological polar surface area (TPSA) is 96.7 Å². The summed E-state index contributed by atoms with van der Waals surface area (Å²) in [6.07, 6.45) is 1.51. The fraction of sp³-hybridized carbons (Fsp3) is 0.500. The quantitative estimate of drug-likeness (QED) is 0.412. The minimum Gasteiger partial charge on any atom is -0.387 e. The van der Waals surface area contributed by atoms with Crippen LogP contribution in [0.2, 0.25) is 0 Å². The van der Waals surface area contributed by atoms with Gasteiger partial charge in [0.05, 0.1) is 17.1 Å². The van der Waals surface area contributed by atoms with Gasteiger partial charge in [0, 0.05) is 31.8 Å². The molecule has 0 amide bonds. The van der Waals surface area contributed by atoms with Crippen molar-refractivity contribution < 1.29 is 14.8 Å². The van der Waals surface area contributed by atoms with Gasteiger partial charge in [-0.15, -0.1) is 0 Å². The molecule has 0 aromatic heterocycles. The van der Waals surface area contributed by atoms with Crippen molar-refractivity contribution in [3.05, 3.63) is 39.9 Å². The van der Waals surface area contributed by atoms with Gasteiger partial charge in [-0.1, -0.05) is 0 Å². The van der Waals surface area contributed by atoms with E-state index in [0.717, 1.165) is 19.4 Å². The molecule has 0 spiro atoms. The molecule has 1 saturated heterocycles. The number of nitrogens with one attached hydrogen (secondary N) is 2. The van der Waals surface area contributed by atoms with Crippen LogP contribution in [0.5, 0.6) is 0 Å². The number of nitrogens with zero attached hydrogens (tertiary/aromatic N) is 1. The summed E-state index contributed by atoms with van der Waals surface area (Å²) in [7, 11) is 0. The minimum atomic E-state index is -0.789. The zero-order valence-electron chi connectivity index (χ0n) is 12.0. The molecule has 22 heavy (non-hydrogen) atoms. The van der Waals surface area contributed by atoms with E-state index in [-0.39, 0.29) is 18.3 Å². The number of rotatable bonds is 6. The normalized spacial score (nSPS) is 18.7. The Morgan fingerprint density at radius 1 is 1.45 bits per heavy atom. The van der Waals surface area contributed by atoms with Crippen molar-refractivity contribution in [2.24, 2.45) is 0 Å². The van der Waals surface area contributed by atoms with Gasteiger partial charge in [0.1, 0.15) is 0 Å². The molecule has 3 N–H and O–H groups in total. The molecular weight excluding hydrogens is 306 g/mol. The highest BCUT2D eigenvalue weighted by atomic mass is 32.1. The molecule has 2 unspecified atom stereocenters. The van der Waals surface area contributed by atoms with Crippen LogP contribution in [-0.4, -0.2) is 40.9 Å². The van der Waals surface area contributed by atoms with Gasteiger partial charge in [0.25, 0.3) is 5.69 Å². The van der Waals surface area contributed by atoms with Crippen molar-refractivity contribution in [3.8, 4) is 0 Å². The van der Waals surface area contributed by atoms with Crippen LogP contribution in [0.3, 0.4) is 0 Å². The SMILES string of the molecule is O=[N+]([O-])c1ccc(C(O)CNC(=S)NCC2CCCO2)cc1. The van der Waals surface area contributed by atoms with Crippen LogP contribution in [0.25, 0.3) is 0 Å². The first kappa shape index (κ1) is 16.6. The summed E-state index contributed by atoms with van der Waals surface area (Å²) >= 11 is 5.13. The Kier molecular flexibility index (Phi) is 6.05. The highest BCUT2D eigenvalue weighted by Gasteiger charge is 2.15. The maximum atomic E-state index is 10.6. The van der Waals surface area contributed by atoms with Crippen molar-refractivity contribution in [2.45, 2.75) is 25.0 Å². The number of aliphatic hydroxyl groups excluding tert-OH is 1. The Bertz CT molecular complexity index is 517. The average molecular weight is 325 g/mol. The summed E-state index contributed by atoms with van der Waals surface area (Å²) in [6, 6.07) is 5.81. The van der Waals surface area contributed by atoms with Crippen molar-refractivity contribution in [1.29, 1.82) is 0 Å². The fourth-order valence-electron chi connectivity index (χ4n) is 2.20. The van der Waals surface area contributed by atoms with E-state index in [1.54, 1.807) is 0 Å².